The zero-order chi connectivity index (χ0) is 9.56. The number of amides is 1. The number of hydrogen-bond acceptors (Lipinski definition) is 2. The summed E-state index contributed by atoms with van der Waals surface area (Å²) in [6.07, 6.45) is 1.82. The first-order chi connectivity index (χ1) is 5.54. The molecule has 3 nitrogen and oxygen atoms in total. The molecule has 0 heterocycles. The molecule has 0 aromatic heterocycles. The Bertz CT molecular complexity index is 132. The second-order valence-corrected chi connectivity index (χ2v) is 3.54. The van der Waals surface area contributed by atoms with Gasteiger partial charge in [-0.15, -0.1) is 0 Å². The first kappa shape index (κ1) is 11.3. The van der Waals surface area contributed by atoms with Gasteiger partial charge in [0.05, 0.1) is 6.61 Å². The molecule has 12 heavy (non-hydrogen) atoms. The lowest BCUT2D eigenvalue weighted by atomic mass is 10.1. The molecule has 72 valence electrons. The Morgan fingerprint density at radius 2 is 2.00 bits per heavy atom. The molecule has 0 spiro atoms. The lowest BCUT2D eigenvalue weighted by Crippen LogP contribution is -2.23. The fourth-order valence-electron chi connectivity index (χ4n) is 0.780. The molecule has 0 rings (SSSR count). The number of nitrogens with zero attached hydrogens (tertiary/aromatic N) is 1. The van der Waals surface area contributed by atoms with Crippen molar-refractivity contribution in [1.82, 2.24) is 4.90 Å². The van der Waals surface area contributed by atoms with E-state index in [1.54, 1.807) is 14.1 Å². The molecule has 0 saturated carbocycles. The van der Waals surface area contributed by atoms with Gasteiger partial charge in [0.2, 0.25) is 0 Å². The standard InChI is InChI=1S/C9H19NO2/c1-8(2)6-5-7-12-9(11)10(3)4/h8H,5-7H2,1-4H3. The van der Waals surface area contributed by atoms with Gasteiger partial charge in [0.25, 0.3) is 0 Å². The van der Waals surface area contributed by atoms with Crippen LogP contribution in [0.25, 0.3) is 0 Å². The van der Waals surface area contributed by atoms with Crippen LogP contribution in [0.4, 0.5) is 4.79 Å². The van der Waals surface area contributed by atoms with Crippen molar-refractivity contribution in [2.24, 2.45) is 5.92 Å². The van der Waals surface area contributed by atoms with Gasteiger partial charge in [-0.2, -0.15) is 0 Å². The van der Waals surface area contributed by atoms with E-state index in [-0.39, 0.29) is 6.09 Å². The van der Waals surface area contributed by atoms with E-state index in [2.05, 4.69) is 13.8 Å². The van der Waals surface area contributed by atoms with Crippen LogP contribution < -0.4 is 0 Å². The zero-order valence-corrected chi connectivity index (χ0v) is 8.46. The van der Waals surface area contributed by atoms with Crippen LogP contribution in [-0.4, -0.2) is 31.7 Å². The van der Waals surface area contributed by atoms with Crippen LogP contribution in [0.2, 0.25) is 0 Å². The summed E-state index contributed by atoms with van der Waals surface area (Å²) >= 11 is 0. The van der Waals surface area contributed by atoms with Gasteiger partial charge in [-0.1, -0.05) is 13.8 Å². The Balaban J connectivity index is 3.26. The molecule has 0 unspecified atom stereocenters. The fourth-order valence-corrected chi connectivity index (χ4v) is 0.780. The third kappa shape index (κ3) is 6.01. The number of hydrogen-bond donors (Lipinski definition) is 0. The van der Waals surface area contributed by atoms with Gasteiger partial charge < -0.3 is 9.64 Å². The van der Waals surface area contributed by atoms with Gasteiger partial charge in [-0.05, 0) is 18.8 Å². The molecular formula is C9H19NO2. The highest BCUT2D eigenvalue weighted by atomic mass is 16.6. The lowest BCUT2D eigenvalue weighted by molar-refractivity contribution is 0.115. The van der Waals surface area contributed by atoms with E-state index in [9.17, 15) is 4.79 Å². The molecule has 0 aromatic rings. The third-order valence-electron chi connectivity index (χ3n) is 1.52. The monoisotopic (exact) mass is 173 g/mol. The Kier molecular flexibility index (Phi) is 5.51. The van der Waals surface area contributed by atoms with Crippen molar-refractivity contribution in [3.8, 4) is 0 Å². The largest absolute Gasteiger partial charge is 0.449 e. The summed E-state index contributed by atoms with van der Waals surface area (Å²) in [6, 6.07) is 0. The zero-order valence-electron chi connectivity index (χ0n) is 8.46. The molecule has 0 atom stereocenters. The van der Waals surface area contributed by atoms with Crippen LogP contribution in [0, 0.1) is 5.92 Å². The van der Waals surface area contributed by atoms with E-state index in [1.807, 2.05) is 0 Å². The van der Waals surface area contributed by atoms with Gasteiger partial charge in [-0.3, -0.25) is 0 Å². The van der Waals surface area contributed by atoms with E-state index in [1.165, 1.54) is 4.90 Å². The Morgan fingerprint density at radius 1 is 1.42 bits per heavy atom. The highest BCUT2D eigenvalue weighted by Gasteiger charge is 2.03. The van der Waals surface area contributed by atoms with Gasteiger partial charge in [-0.25, -0.2) is 4.79 Å². The molecule has 0 aliphatic rings. The average Bonchev–Trinajstić information content (AvgIpc) is 1.97. The van der Waals surface area contributed by atoms with E-state index < -0.39 is 0 Å². The van der Waals surface area contributed by atoms with Gasteiger partial charge >= 0.3 is 6.09 Å². The Morgan fingerprint density at radius 3 is 2.42 bits per heavy atom. The van der Waals surface area contributed by atoms with Crippen LogP contribution in [0.3, 0.4) is 0 Å². The Labute approximate surface area is 74.7 Å². The molecule has 0 aliphatic heterocycles. The molecule has 1 amide bonds. The van der Waals surface area contributed by atoms with Crippen molar-refractivity contribution >= 4 is 6.09 Å². The molecule has 0 bridgehead atoms. The smallest absolute Gasteiger partial charge is 0.409 e. The molecule has 0 aromatic carbocycles. The fraction of sp³-hybridized carbons (Fsp3) is 0.889. The normalized spacial score (nSPS) is 10.1. The molecule has 0 N–H and O–H groups in total. The second kappa shape index (κ2) is 5.86. The third-order valence-corrected chi connectivity index (χ3v) is 1.52. The molecule has 3 heteroatoms. The summed E-state index contributed by atoms with van der Waals surface area (Å²) in [6.45, 7) is 4.86. The maximum absolute atomic E-state index is 10.9. The predicted molar refractivity (Wildman–Crippen MR) is 49.1 cm³/mol. The van der Waals surface area contributed by atoms with Crippen molar-refractivity contribution in [1.29, 1.82) is 0 Å². The summed E-state index contributed by atoms with van der Waals surface area (Å²) in [5, 5.41) is 0. The van der Waals surface area contributed by atoms with Crippen molar-refractivity contribution in [2.45, 2.75) is 26.7 Å². The van der Waals surface area contributed by atoms with Crippen molar-refractivity contribution in [3.05, 3.63) is 0 Å². The van der Waals surface area contributed by atoms with Crippen LogP contribution in [0.1, 0.15) is 26.7 Å². The molecule has 0 fully saturated rings. The molecule has 0 aliphatic carbocycles. The Hall–Kier alpha value is -0.730. The number of carbonyl (C=O) groups excluding carboxylic acids is 1. The van der Waals surface area contributed by atoms with Crippen molar-refractivity contribution < 1.29 is 9.53 Å². The number of ether oxygens (including phenoxy) is 1. The number of carbonyl (C=O) groups is 1. The summed E-state index contributed by atoms with van der Waals surface area (Å²) in [5.74, 6) is 0.683. The van der Waals surface area contributed by atoms with Crippen molar-refractivity contribution in [2.75, 3.05) is 20.7 Å². The second-order valence-electron chi connectivity index (χ2n) is 3.54. The van der Waals surface area contributed by atoms with Gasteiger partial charge in [0, 0.05) is 14.1 Å². The summed E-state index contributed by atoms with van der Waals surface area (Å²) in [5.41, 5.74) is 0. The highest BCUT2D eigenvalue weighted by molar-refractivity contribution is 5.66. The lowest BCUT2D eigenvalue weighted by Gasteiger charge is -2.11. The van der Waals surface area contributed by atoms with Crippen molar-refractivity contribution in [3.63, 3.8) is 0 Å². The molecule has 0 saturated heterocycles. The molecule has 0 radical (unpaired) electrons. The quantitative estimate of drug-likeness (QED) is 0.609. The topological polar surface area (TPSA) is 29.5 Å². The minimum atomic E-state index is -0.251. The average molecular weight is 173 g/mol. The van der Waals surface area contributed by atoms with E-state index in [0.29, 0.717) is 12.5 Å². The predicted octanol–water partition coefficient (Wildman–Crippen LogP) is 2.12. The molecular weight excluding hydrogens is 154 g/mol. The maximum Gasteiger partial charge on any atom is 0.409 e. The number of rotatable bonds is 4. The van der Waals surface area contributed by atoms with E-state index in [4.69, 9.17) is 4.74 Å². The minimum Gasteiger partial charge on any atom is -0.449 e. The maximum atomic E-state index is 10.9. The minimum absolute atomic E-state index is 0.251. The highest BCUT2D eigenvalue weighted by Crippen LogP contribution is 2.03. The SMILES string of the molecule is CC(C)CCCOC(=O)N(C)C. The van der Waals surface area contributed by atoms with Crippen LogP contribution in [0.5, 0.6) is 0 Å². The first-order valence-corrected chi connectivity index (χ1v) is 4.38. The summed E-state index contributed by atoms with van der Waals surface area (Å²) in [4.78, 5) is 12.3. The van der Waals surface area contributed by atoms with E-state index in [0.717, 1.165) is 12.8 Å². The van der Waals surface area contributed by atoms with E-state index >= 15 is 0 Å². The first-order valence-electron chi connectivity index (χ1n) is 4.38. The van der Waals surface area contributed by atoms with Gasteiger partial charge in [0.1, 0.15) is 0 Å². The summed E-state index contributed by atoms with van der Waals surface area (Å²) in [7, 11) is 3.37. The summed E-state index contributed by atoms with van der Waals surface area (Å²) < 4.78 is 4.94. The van der Waals surface area contributed by atoms with Crippen LogP contribution in [-0.2, 0) is 4.74 Å². The van der Waals surface area contributed by atoms with Gasteiger partial charge in [0.15, 0.2) is 0 Å². The van der Waals surface area contributed by atoms with Crippen LogP contribution in [0.15, 0.2) is 0 Å². The van der Waals surface area contributed by atoms with Crippen LogP contribution >= 0.6 is 0 Å².